The van der Waals surface area contributed by atoms with Gasteiger partial charge in [-0.3, -0.25) is 4.79 Å². The molecule has 0 bridgehead atoms. The number of nitrogens with two attached hydrogens (primary N) is 2. The summed E-state index contributed by atoms with van der Waals surface area (Å²) in [5.41, 5.74) is 11.8. The van der Waals surface area contributed by atoms with E-state index in [2.05, 4.69) is 15.0 Å². The monoisotopic (exact) mass is 309 g/mol. The summed E-state index contributed by atoms with van der Waals surface area (Å²) < 4.78 is 5.19. The quantitative estimate of drug-likeness (QED) is 0.701. The van der Waals surface area contributed by atoms with Crippen LogP contribution >= 0.6 is 0 Å². The van der Waals surface area contributed by atoms with Gasteiger partial charge in [0.25, 0.3) is 0 Å². The summed E-state index contributed by atoms with van der Waals surface area (Å²) in [6, 6.07) is 13.7. The summed E-state index contributed by atoms with van der Waals surface area (Å²) in [7, 11) is 0. The van der Waals surface area contributed by atoms with Gasteiger partial charge in [-0.1, -0.05) is 42.5 Å². The Kier molecular flexibility index (Phi) is 4.01. The Balaban J connectivity index is 1.69. The van der Waals surface area contributed by atoms with E-state index in [9.17, 15) is 4.79 Å². The first-order valence-electron chi connectivity index (χ1n) is 7.00. The first-order chi connectivity index (χ1) is 11.1. The largest absolute Gasteiger partial charge is 0.457 e. The van der Waals surface area contributed by atoms with Crippen molar-refractivity contribution in [3.63, 3.8) is 0 Å². The van der Waals surface area contributed by atoms with Crippen LogP contribution < -0.4 is 11.5 Å². The number of carbonyl (C=O) groups excluding carboxylic acids is 1. The van der Waals surface area contributed by atoms with E-state index >= 15 is 0 Å². The van der Waals surface area contributed by atoms with Crippen LogP contribution in [0.2, 0.25) is 0 Å². The predicted octanol–water partition coefficient (Wildman–Crippen LogP) is 1.48. The van der Waals surface area contributed by atoms with Crippen molar-refractivity contribution in [1.29, 1.82) is 0 Å². The number of nitrogens with zero attached hydrogens (tertiary/aromatic N) is 3. The number of fused-ring (bicyclic) bond motifs is 1. The fourth-order valence-corrected chi connectivity index (χ4v) is 2.32. The molecule has 1 aromatic heterocycles. The highest BCUT2D eigenvalue weighted by Gasteiger charge is 2.10. The third-order valence-corrected chi connectivity index (χ3v) is 3.29. The molecule has 1 heterocycles. The van der Waals surface area contributed by atoms with E-state index in [0.717, 1.165) is 16.3 Å². The first kappa shape index (κ1) is 14.7. The fraction of sp³-hybridized carbons (Fsp3) is 0.125. The van der Waals surface area contributed by atoms with Crippen molar-refractivity contribution in [3.05, 3.63) is 53.9 Å². The van der Waals surface area contributed by atoms with Crippen molar-refractivity contribution in [2.75, 3.05) is 11.5 Å². The molecular formula is C16H15N5O2. The SMILES string of the molecule is Nc1nc(N)nc(COC(=O)Cc2cccc3ccccc23)n1. The molecule has 0 aliphatic carbocycles. The number of esters is 1. The lowest BCUT2D eigenvalue weighted by atomic mass is 10.0. The van der Waals surface area contributed by atoms with Crippen LogP contribution in [0.4, 0.5) is 11.9 Å². The average molecular weight is 309 g/mol. The van der Waals surface area contributed by atoms with E-state index < -0.39 is 0 Å². The van der Waals surface area contributed by atoms with Crippen molar-refractivity contribution >= 4 is 28.6 Å². The molecule has 3 aromatic rings. The van der Waals surface area contributed by atoms with Gasteiger partial charge in [-0.15, -0.1) is 0 Å². The number of hydrogen-bond acceptors (Lipinski definition) is 7. The molecule has 0 fully saturated rings. The Morgan fingerprint density at radius 2 is 1.65 bits per heavy atom. The minimum atomic E-state index is -0.376. The van der Waals surface area contributed by atoms with E-state index in [4.69, 9.17) is 16.2 Å². The molecule has 0 saturated carbocycles. The van der Waals surface area contributed by atoms with Gasteiger partial charge in [-0.05, 0) is 16.3 Å². The fourth-order valence-electron chi connectivity index (χ4n) is 2.32. The van der Waals surface area contributed by atoms with Gasteiger partial charge in [0.15, 0.2) is 12.4 Å². The number of hydrogen-bond donors (Lipinski definition) is 2. The summed E-state index contributed by atoms with van der Waals surface area (Å²) in [4.78, 5) is 23.4. The lowest BCUT2D eigenvalue weighted by Gasteiger charge is -2.07. The molecule has 0 radical (unpaired) electrons. The Morgan fingerprint density at radius 3 is 2.43 bits per heavy atom. The van der Waals surface area contributed by atoms with Gasteiger partial charge >= 0.3 is 5.97 Å². The molecule has 0 amide bonds. The highest BCUT2D eigenvalue weighted by atomic mass is 16.5. The Hall–Kier alpha value is -3.22. The molecule has 23 heavy (non-hydrogen) atoms. The van der Waals surface area contributed by atoms with Crippen LogP contribution in [0, 0.1) is 0 Å². The molecule has 7 heteroatoms. The smallest absolute Gasteiger partial charge is 0.310 e. The highest BCUT2D eigenvalue weighted by Crippen LogP contribution is 2.19. The molecule has 116 valence electrons. The molecule has 0 aliphatic rings. The van der Waals surface area contributed by atoms with Crippen LogP contribution in [-0.2, 0) is 22.6 Å². The third kappa shape index (κ3) is 3.52. The highest BCUT2D eigenvalue weighted by molar-refractivity contribution is 5.88. The van der Waals surface area contributed by atoms with E-state index in [1.807, 2.05) is 42.5 Å². The van der Waals surface area contributed by atoms with Gasteiger partial charge < -0.3 is 16.2 Å². The summed E-state index contributed by atoms with van der Waals surface area (Å²) in [6.45, 7) is -0.0967. The maximum absolute atomic E-state index is 12.0. The maximum atomic E-state index is 12.0. The van der Waals surface area contributed by atoms with Crippen LogP contribution in [0.1, 0.15) is 11.4 Å². The normalized spacial score (nSPS) is 10.6. The second kappa shape index (κ2) is 6.27. The second-order valence-corrected chi connectivity index (χ2v) is 4.94. The number of nitrogen functional groups attached to an aromatic ring is 2. The molecule has 0 unspecified atom stereocenters. The van der Waals surface area contributed by atoms with Crippen LogP contribution in [0.15, 0.2) is 42.5 Å². The first-order valence-corrected chi connectivity index (χ1v) is 7.00. The van der Waals surface area contributed by atoms with Crippen molar-refractivity contribution in [1.82, 2.24) is 15.0 Å². The zero-order valence-electron chi connectivity index (χ0n) is 12.3. The minimum Gasteiger partial charge on any atom is -0.457 e. The second-order valence-electron chi connectivity index (χ2n) is 4.94. The summed E-state index contributed by atoms with van der Waals surface area (Å²) in [5.74, 6) is -0.157. The zero-order chi connectivity index (χ0) is 16.2. The topological polar surface area (TPSA) is 117 Å². The van der Waals surface area contributed by atoms with Crippen molar-refractivity contribution in [3.8, 4) is 0 Å². The number of benzene rings is 2. The van der Waals surface area contributed by atoms with E-state index in [-0.39, 0.29) is 36.7 Å². The predicted molar refractivity (Wildman–Crippen MR) is 86.1 cm³/mol. The van der Waals surface area contributed by atoms with Crippen LogP contribution in [0.5, 0.6) is 0 Å². The Morgan fingerprint density at radius 1 is 0.957 bits per heavy atom. The molecule has 0 spiro atoms. The van der Waals surface area contributed by atoms with E-state index in [1.165, 1.54) is 0 Å². The third-order valence-electron chi connectivity index (χ3n) is 3.29. The molecule has 4 N–H and O–H groups in total. The van der Waals surface area contributed by atoms with Crippen LogP contribution in [0.25, 0.3) is 10.8 Å². The number of anilines is 2. The van der Waals surface area contributed by atoms with E-state index in [1.54, 1.807) is 0 Å². The lowest BCUT2D eigenvalue weighted by Crippen LogP contribution is -2.12. The number of aromatic nitrogens is 3. The zero-order valence-corrected chi connectivity index (χ0v) is 12.3. The molecular weight excluding hydrogens is 294 g/mol. The standard InChI is InChI=1S/C16H15N5O2/c17-15-19-13(20-16(18)21-15)9-23-14(22)8-11-6-3-5-10-4-1-2-7-12(10)11/h1-7H,8-9H2,(H4,17,18,19,20,21). The van der Waals surface area contributed by atoms with Crippen molar-refractivity contribution in [2.24, 2.45) is 0 Å². The van der Waals surface area contributed by atoms with Gasteiger partial charge in [0, 0.05) is 0 Å². The molecule has 0 atom stereocenters. The van der Waals surface area contributed by atoms with Crippen LogP contribution in [0.3, 0.4) is 0 Å². The maximum Gasteiger partial charge on any atom is 0.310 e. The van der Waals surface area contributed by atoms with Crippen molar-refractivity contribution < 1.29 is 9.53 Å². The number of carbonyl (C=O) groups is 1. The van der Waals surface area contributed by atoms with Crippen LogP contribution in [-0.4, -0.2) is 20.9 Å². The van der Waals surface area contributed by atoms with Gasteiger partial charge in [0.05, 0.1) is 6.42 Å². The number of ether oxygens (including phenoxy) is 1. The molecule has 0 saturated heterocycles. The molecule has 7 nitrogen and oxygen atoms in total. The molecule has 2 aromatic carbocycles. The van der Waals surface area contributed by atoms with Gasteiger partial charge in [-0.2, -0.15) is 15.0 Å². The summed E-state index contributed by atoms with van der Waals surface area (Å²) >= 11 is 0. The van der Waals surface area contributed by atoms with Gasteiger partial charge in [-0.25, -0.2) is 0 Å². The van der Waals surface area contributed by atoms with Gasteiger partial charge in [0.1, 0.15) is 0 Å². The molecule has 0 aliphatic heterocycles. The Bertz CT molecular complexity index is 840. The number of rotatable bonds is 4. The lowest BCUT2D eigenvalue weighted by molar-refractivity contribution is -0.144. The van der Waals surface area contributed by atoms with Gasteiger partial charge in [0.2, 0.25) is 11.9 Å². The van der Waals surface area contributed by atoms with E-state index in [0.29, 0.717) is 0 Å². The Labute approximate surface area is 132 Å². The summed E-state index contributed by atoms with van der Waals surface area (Å²) in [5, 5.41) is 2.11. The average Bonchev–Trinajstić information content (AvgIpc) is 2.52. The summed E-state index contributed by atoms with van der Waals surface area (Å²) in [6.07, 6.45) is 0.164. The minimum absolute atomic E-state index is 0.00222. The van der Waals surface area contributed by atoms with Crippen molar-refractivity contribution in [2.45, 2.75) is 13.0 Å². The molecule has 3 rings (SSSR count).